The zero-order valence-corrected chi connectivity index (χ0v) is 12.3. The van der Waals surface area contributed by atoms with Gasteiger partial charge in [0.15, 0.2) is 0 Å². The fourth-order valence-corrected chi connectivity index (χ4v) is 0.464. The molecule has 0 aliphatic carbocycles. The van der Waals surface area contributed by atoms with E-state index in [1.807, 2.05) is 0 Å². The Kier molecular flexibility index (Phi) is 14.1. The summed E-state index contributed by atoms with van der Waals surface area (Å²) < 4.78 is 8.93. The first kappa shape index (κ1) is 15.4. The molecule has 0 aromatic rings. The maximum absolute atomic E-state index is 10.5. The molecule has 0 spiro atoms. The zero-order valence-electron chi connectivity index (χ0n) is 7.71. The van der Waals surface area contributed by atoms with Crippen LogP contribution >= 0.6 is 13.6 Å². The van der Waals surface area contributed by atoms with E-state index in [0.717, 1.165) is 6.08 Å². The number of hydrogen-bond donors (Lipinski definition) is 0. The van der Waals surface area contributed by atoms with Crippen LogP contribution in [0.3, 0.4) is 0 Å². The number of carbonyl (C=O) groups excluding carboxylic acids is 1. The Bertz CT molecular complexity index is 161. The molecule has 72 valence electrons. The monoisotopic (exact) mass is 302 g/mol. The summed E-state index contributed by atoms with van der Waals surface area (Å²) in [5.41, 5.74) is 0. The normalized spacial score (nSPS) is 9.77. The van der Waals surface area contributed by atoms with Crippen molar-refractivity contribution in [3.8, 4) is 0 Å². The minimum absolute atomic E-state index is 0.259. The Morgan fingerprint density at radius 2 is 1.85 bits per heavy atom. The second-order valence-corrected chi connectivity index (χ2v) is 1.65. The van der Waals surface area contributed by atoms with Gasteiger partial charge in [0, 0.05) is 6.08 Å². The Hall–Kier alpha value is -0.0866. The number of hydrogen-bond acceptors (Lipinski definition) is 4. The molecular weight excluding hydrogens is 293 g/mol. The molecule has 4 nitrogen and oxygen atoms in total. The molecule has 6 heteroatoms. The zero-order chi connectivity index (χ0) is 10.7. The molecule has 0 aliphatic heterocycles. The molecule has 0 radical (unpaired) electrons. The molecule has 0 N–H and O–H groups in total. The fraction of sp³-hybridized carbons (Fsp3) is 0.571. The average molecular weight is 304 g/mol. The van der Waals surface area contributed by atoms with Gasteiger partial charge in [-0.25, -0.2) is 4.79 Å². The average Bonchev–Trinajstić information content (AvgIpc) is 2.08. The van der Waals surface area contributed by atoms with E-state index < -0.39 is 11.9 Å². The van der Waals surface area contributed by atoms with Crippen molar-refractivity contribution >= 4 is 19.6 Å². The van der Waals surface area contributed by atoms with E-state index in [9.17, 15) is 9.90 Å². The van der Waals surface area contributed by atoms with Crippen molar-refractivity contribution in [3.05, 3.63) is 12.0 Å². The van der Waals surface area contributed by atoms with Crippen molar-refractivity contribution in [1.29, 1.82) is 0 Å². The second-order valence-electron chi connectivity index (χ2n) is 1.65. The molecule has 13 heavy (non-hydrogen) atoms. The minimum atomic E-state index is -0.661. The van der Waals surface area contributed by atoms with Crippen LogP contribution in [-0.2, 0) is 30.6 Å². The van der Waals surface area contributed by atoms with E-state index in [4.69, 9.17) is 0 Å². The SMILES string of the molecule is CCOC(=O)C=C([O-])OCC.[Zn+][Br]. The number of esters is 1. The van der Waals surface area contributed by atoms with Gasteiger partial charge in [-0.1, -0.05) is 6.92 Å². The third-order valence-electron chi connectivity index (χ3n) is 0.809. The molecule has 0 saturated carbocycles. The first-order valence-electron chi connectivity index (χ1n) is 3.65. The van der Waals surface area contributed by atoms with Crippen molar-refractivity contribution in [1.82, 2.24) is 0 Å². The van der Waals surface area contributed by atoms with Crippen LogP contribution in [0.2, 0.25) is 0 Å². The van der Waals surface area contributed by atoms with Crippen molar-refractivity contribution in [3.63, 3.8) is 0 Å². The summed E-state index contributed by atoms with van der Waals surface area (Å²) in [6.45, 7) is 3.84. The topological polar surface area (TPSA) is 58.6 Å². The molecule has 0 fully saturated rings. The van der Waals surface area contributed by atoms with E-state index in [-0.39, 0.29) is 13.2 Å². The maximum atomic E-state index is 10.5. The summed E-state index contributed by atoms with van der Waals surface area (Å²) in [6, 6.07) is 0. The summed E-state index contributed by atoms with van der Waals surface area (Å²) >= 11 is 4.25. The standard InChI is InChI=1S/C7H12O4.BrH.Zn/c1-3-10-6(8)5-7(9)11-4-2;;/h5,8H,3-4H2,1-2H3;1H;/q;;+2/p-2. The first-order chi connectivity index (χ1) is 6.20. The van der Waals surface area contributed by atoms with Gasteiger partial charge in [0.25, 0.3) is 0 Å². The fourth-order valence-electron chi connectivity index (χ4n) is 0.464. The van der Waals surface area contributed by atoms with E-state index in [0.29, 0.717) is 0 Å². The summed E-state index contributed by atoms with van der Waals surface area (Å²) in [5.74, 6) is -1.32. The van der Waals surface area contributed by atoms with Crippen LogP contribution in [0.1, 0.15) is 13.8 Å². The van der Waals surface area contributed by atoms with Crippen LogP contribution < -0.4 is 5.11 Å². The number of carbonyl (C=O) groups is 1. The summed E-state index contributed by atoms with van der Waals surface area (Å²) in [7, 11) is 0. The molecule has 0 bridgehead atoms. The number of halogens is 1. The van der Waals surface area contributed by atoms with Gasteiger partial charge >= 0.3 is 35.9 Å². The van der Waals surface area contributed by atoms with Crippen molar-refractivity contribution < 1.29 is 35.7 Å². The van der Waals surface area contributed by atoms with Crippen LogP contribution in [0, 0.1) is 0 Å². The van der Waals surface area contributed by atoms with E-state index in [1.165, 1.54) is 16.3 Å². The van der Waals surface area contributed by atoms with Crippen LogP contribution in [0.25, 0.3) is 0 Å². The molecule has 0 aromatic carbocycles. The molecule has 0 atom stereocenters. The molecular formula is C7H11BrO4Zn. The Labute approximate surface area is 94.3 Å². The third-order valence-corrected chi connectivity index (χ3v) is 0.809. The van der Waals surface area contributed by atoms with Crippen molar-refractivity contribution in [2.75, 3.05) is 13.2 Å². The van der Waals surface area contributed by atoms with Gasteiger partial charge in [-0.05, 0) is 13.5 Å². The van der Waals surface area contributed by atoms with Crippen LogP contribution in [0.5, 0.6) is 0 Å². The van der Waals surface area contributed by atoms with Crippen LogP contribution in [0.15, 0.2) is 12.0 Å². The van der Waals surface area contributed by atoms with E-state index in [1.54, 1.807) is 13.8 Å². The van der Waals surface area contributed by atoms with Gasteiger partial charge in [-0.3, -0.25) is 0 Å². The molecule has 0 aromatic heterocycles. The first-order valence-corrected chi connectivity index (χ1v) is 10.6. The summed E-state index contributed by atoms with van der Waals surface area (Å²) in [6.07, 6.45) is 0.785. The molecule has 0 heterocycles. The van der Waals surface area contributed by atoms with Gasteiger partial charge in [-0.2, -0.15) is 0 Å². The third kappa shape index (κ3) is 11.9. The molecule has 0 amide bonds. The Morgan fingerprint density at radius 3 is 2.23 bits per heavy atom. The van der Waals surface area contributed by atoms with Gasteiger partial charge in [-0.15, -0.1) is 0 Å². The van der Waals surface area contributed by atoms with Gasteiger partial charge < -0.3 is 14.6 Å². The summed E-state index contributed by atoms with van der Waals surface area (Å²) in [5, 5.41) is 10.5. The predicted octanol–water partition coefficient (Wildman–Crippen LogP) is 0.631. The Balaban J connectivity index is 0. The van der Waals surface area contributed by atoms with Gasteiger partial charge in [0.05, 0.1) is 12.6 Å². The summed E-state index contributed by atoms with van der Waals surface area (Å²) in [4.78, 5) is 10.5. The van der Waals surface area contributed by atoms with E-state index in [2.05, 4.69) is 23.1 Å². The van der Waals surface area contributed by atoms with Crippen molar-refractivity contribution in [2.24, 2.45) is 0 Å². The molecule has 0 aliphatic rings. The van der Waals surface area contributed by atoms with Gasteiger partial charge in [0.2, 0.25) is 0 Å². The van der Waals surface area contributed by atoms with Crippen molar-refractivity contribution in [2.45, 2.75) is 13.8 Å². The number of ether oxygens (including phenoxy) is 2. The van der Waals surface area contributed by atoms with Gasteiger partial charge in [0.1, 0.15) is 0 Å². The predicted molar refractivity (Wildman–Crippen MR) is 45.3 cm³/mol. The molecule has 0 unspecified atom stereocenters. The Morgan fingerprint density at radius 1 is 1.38 bits per heavy atom. The second kappa shape index (κ2) is 11.9. The number of rotatable bonds is 4. The van der Waals surface area contributed by atoms with E-state index >= 15 is 0 Å². The quantitative estimate of drug-likeness (QED) is 0.331. The molecule has 0 saturated heterocycles. The molecule has 0 rings (SSSR count). The van der Waals surface area contributed by atoms with Crippen LogP contribution in [-0.4, -0.2) is 19.2 Å². The van der Waals surface area contributed by atoms with Crippen LogP contribution in [0.4, 0.5) is 0 Å².